The quantitative estimate of drug-likeness (QED) is 0.462. The van der Waals surface area contributed by atoms with Crippen molar-refractivity contribution in [1.82, 2.24) is 9.88 Å². The van der Waals surface area contributed by atoms with Crippen molar-refractivity contribution in [2.75, 3.05) is 6.61 Å². The Kier molecular flexibility index (Phi) is 4.79. The van der Waals surface area contributed by atoms with E-state index in [4.69, 9.17) is 4.74 Å². The van der Waals surface area contributed by atoms with Crippen LogP contribution in [0.25, 0.3) is 16.7 Å². The lowest BCUT2D eigenvalue weighted by atomic mass is 9.94. The standard InChI is InChI=1S/C28H25FN2O2/c1-17-21(12-13-27(29)30-17)18-14-19-10-11-20(15-18)31(19)28(32)33-16-26-24-8-4-2-6-22(24)23-7-3-5-9-25(23)26/h2-9,12-14,19-20,26H,10-11,15-16H2,1H3. The van der Waals surface area contributed by atoms with Crippen molar-refractivity contribution in [3.8, 4) is 11.1 Å². The fourth-order valence-electron chi connectivity index (χ4n) is 5.85. The summed E-state index contributed by atoms with van der Waals surface area (Å²) < 4.78 is 19.4. The molecule has 4 nitrogen and oxygen atoms in total. The van der Waals surface area contributed by atoms with Crippen LogP contribution in [0.4, 0.5) is 9.18 Å². The summed E-state index contributed by atoms with van der Waals surface area (Å²) in [6.07, 6.45) is 4.52. The van der Waals surface area contributed by atoms with E-state index in [1.54, 1.807) is 6.07 Å². The predicted octanol–water partition coefficient (Wildman–Crippen LogP) is 6.10. The lowest BCUT2D eigenvalue weighted by molar-refractivity contribution is 0.0866. The van der Waals surface area contributed by atoms with Crippen molar-refractivity contribution in [2.24, 2.45) is 0 Å². The Hall–Kier alpha value is -3.47. The number of aromatic nitrogens is 1. The first kappa shape index (κ1) is 20.2. The van der Waals surface area contributed by atoms with E-state index in [2.05, 4.69) is 47.5 Å². The SMILES string of the molecule is Cc1nc(F)ccc1C1=CC2CCC(C1)N2C(=O)OCC1c2ccccc2-c2ccccc21. The highest BCUT2D eigenvalue weighted by molar-refractivity contribution is 5.79. The predicted molar refractivity (Wildman–Crippen MR) is 125 cm³/mol. The Morgan fingerprint density at radius 3 is 2.36 bits per heavy atom. The molecule has 166 valence electrons. The van der Waals surface area contributed by atoms with Crippen molar-refractivity contribution < 1.29 is 13.9 Å². The number of nitrogens with zero attached hydrogens (tertiary/aromatic N) is 2. The lowest BCUT2D eigenvalue weighted by Crippen LogP contribution is -2.43. The molecule has 0 radical (unpaired) electrons. The number of hydrogen-bond donors (Lipinski definition) is 0. The van der Waals surface area contributed by atoms with Gasteiger partial charge in [0.1, 0.15) is 6.61 Å². The van der Waals surface area contributed by atoms with Gasteiger partial charge >= 0.3 is 6.09 Å². The number of carbonyl (C=O) groups is 1. The highest BCUT2D eigenvalue weighted by Gasteiger charge is 2.41. The Labute approximate surface area is 192 Å². The minimum atomic E-state index is -0.462. The molecule has 0 N–H and O–H groups in total. The molecule has 3 aromatic rings. The molecule has 33 heavy (non-hydrogen) atoms. The maximum atomic E-state index is 13.4. The molecule has 0 spiro atoms. The van der Waals surface area contributed by atoms with Gasteiger partial charge in [-0.1, -0.05) is 54.6 Å². The summed E-state index contributed by atoms with van der Waals surface area (Å²) in [6.45, 7) is 2.17. The molecule has 1 amide bonds. The van der Waals surface area contributed by atoms with Gasteiger partial charge in [0, 0.05) is 17.7 Å². The molecule has 1 saturated heterocycles. The van der Waals surface area contributed by atoms with Crippen LogP contribution in [0.2, 0.25) is 0 Å². The summed E-state index contributed by atoms with van der Waals surface area (Å²) >= 11 is 0. The molecule has 2 atom stereocenters. The Balaban J connectivity index is 1.21. The molecule has 1 aliphatic carbocycles. The Morgan fingerprint density at radius 1 is 1.00 bits per heavy atom. The zero-order chi connectivity index (χ0) is 22.5. The van der Waals surface area contributed by atoms with Gasteiger partial charge in [0.05, 0.1) is 6.04 Å². The third-order valence-electron chi connectivity index (χ3n) is 7.34. The number of rotatable bonds is 3. The summed E-state index contributed by atoms with van der Waals surface area (Å²) in [5, 5.41) is 0. The van der Waals surface area contributed by atoms with Gasteiger partial charge in [0.25, 0.3) is 0 Å². The van der Waals surface area contributed by atoms with E-state index in [9.17, 15) is 9.18 Å². The van der Waals surface area contributed by atoms with Crippen molar-refractivity contribution >= 4 is 11.7 Å². The number of benzene rings is 2. The summed E-state index contributed by atoms with van der Waals surface area (Å²) in [5.74, 6) is -0.404. The molecule has 3 heterocycles. The zero-order valence-corrected chi connectivity index (χ0v) is 18.5. The summed E-state index contributed by atoms with van der Waals surface area (Å²) in [4.78, 5) is 19.1. The summed E-state index contributed by atoms with van der Waals surface area (Å²) in [5.41, 5.74) is 7.70. The second-order valence-corrected chi connectivity index (χ2v) is 9.17. The molecular weight excluding hydrogens is 415 g/mol. The number of aryl methyl sites for hydroxylation is 1. The molecule has 2 bridgehead atoms. The van der Waals surface area contributed by atoms with Gasteiger partial charge < -0.3 is 4.74 Å². The largest absolute Gasteiger partial charge is 0.448 e. The second-order valence-electron chi connectivity index (χ2n) is 9.17. The molecule has 0 saturated carbocycles. The number of hydrogen-bond acceptors (Lipinski definition) is 3. The molecule has 2 aliphatic heterocycles. The first-order chi connectivity index (χ1) is 16.1. The number of carbonyl (C=O) groups excluding carboxylic acids is 1. The van der Waals surface area contributed by atoms with Gasteiger partial charge in [-0.25, -0.2) is 9.78 Å². The molecule has 1 aromatic heterocycles. The first-order valence-corrected chi connectivity index (χ1v) is 11.6. The van der Waals surface area contributed by atoms with Gasteiger partial charge in [-0.2, -0.15) is 4.39 Å². The molecule has 6 rings (SSSR count). The van der Waals surface area contributed by atoms with E-state index < -0.39 is 5.95 Å². The number of ether oxygens (including phenoxy) is 1. The van der Waals surface area contributed by atoms with Crippen molar-refractivity contribution in [3.63, 3.8) is 0 Å². The second kappa shape index (κ2) is 7.84. The van der Waals surface area contributed by atoms with E-state index in [-0.39, 0.29) is 24.1 Å². The van der Waals surface area contributed by atoms with Gasteiger partial charge in [0.2, 0.25) is 5.95 Å². The average molecular weight is 441 g/mol. The zero-order valence-electron chi connectivity index (χ0n) is 18.5. The minimum Gasteiger partial charge on any atom is -0.448 e. The van der Waals surface area contributed by atoms with E-state index in [1.807, 2.05) is 24.0 Å². The fraction of sp³-hybridized carbons (Fsp3) is 0.286. The smallest absolute Gasteiger partial charge is 0.410 e. The van der Waals surface area contributed by atoms with Crippen molar-refractivity contribution in [1.29, 1.82) is 0 Å². The van der Waals surface area contributed by atoms with E-state index >= 15 is 0 Å². The van der Waals surface area contributed by atoms with Crippen LogP contribution in [0, 0.1) is 12.9 Å². The van der Waals surface area contributed by atoms with Gasteiger partial charge in [0.15, 0.2) is 0 Å². The minimum absolute atomic E-state index is 0.0128. The topological polar surface area (TPSA) is 42.4 Å². The molecule has 3 aliphatic rings. The van der Waals surface area contributed by atoms with Crippen LogP contribution in [0.5, 0.6) is 0 Å². The third-order valence-corrected chi connectivity index (χ3v) is 7.34. The van der Waals surface area contributed by atoms with E-state index in [0.29, 0.717) is 12.3 Å². The van der Waals surface area contributed by atoms with Crippen LogP contribution in [-0.2, 0) is 4.74 Å². The maximum Gasteiger partial charge on any atom is 0.410 e. The number of pyridine rings is 1. The van der Waals surface area contributed by atoms with Crippen LogP contribution < -0.4 is 0 Å². The average Bonchev–Trinajstić information content (AvgIpc) is 3.28. The van der Waals surface area contributed by atoms with Gasteiger partial charge in [-0.3, -0.25) is 4.90 Å². The van der Waals surface area contributed by atoms with Crippen LogP contribution >= 0.6 is 0 Å². The van der Waals surface area contributed by atoms with E-state index in [1.165, 1.54) is 28.3 Å². The Bertz CT molecular complexity index is 1240. The number of fused-ring (bicyclic) bond motifs is 5. The van der Waals surface area contributed by atoms with Crippen LogP contribution in [0.1, 0.15) is 47.6 Å². The molecule has 2 aromatic carbocycles. The Morgan fingerprint density at radius 2 is 1.70 bits per heavy atom. The molecule has 5 heteroatoms. The fourth-order valence-corrected chi connectivity index (χ4v) is 5.85. The van der Waals surface area contributed by atoms with Gasteiger partial charge in [-0.05, 0) is 71.7 Å². The summed E-state index contributed by atoms with van der Waals surface area (Å²) in [7, 11) is 0. The highest BCUT2D eigenvalue weighted by Crippen LogP contribution is 2.45. The first-order valence-electron chi connectivity index (χ1n) is 11.6. The summed E-state index contributed by atoms with van der Waals surface area (Å²) in [6, 6.07) is 20.1. The normalized spacial score (nSPS) is 20.9. The van der Waals surface area contributed by atoms with Gasteiger partial charge in [-0.15, -0.1) is 0 Å². The van der Waals surface area contributed by atoms with Crippen LogP contribution in [0.15, 0.2) is 66.7 Å². The molecular formula is C28H25FN2O2. The van der Waals surface area contributed by atoms with Crippen molar-refractivity contribution in [2.45, 2.75) is 44.2 Å². The maximum absolute atomic E-state index is 13.4. The van der Waals surface area contributed by atoms with Crippen LogP contribution in [-0.4, -0.2) is 34.7 Å². The third kappa shape index (κ3) is 3.34. The molecule has 1 fully saturated rings. The lowest BCUT2D eigenvalue weighted by Gasteiger charge is -2.34. The number of amides is 1. The molecule has 2 unspecified atom stereocenters. The van der Waals surface area contributed by atoms with Crippen LogP contribution in [0.3, 0.4) is 0 Å². The number of halogens is 1. The van der Waals surface area contributed by atoms with Crippen molar-refractivity contribution in [3.05, 3.63) is 95.1 Å². The monoisotopic (exact) mass is 440 g/mol. The highest BCUT2D eigenvalue weighted by atomic mass is 19.1. The van der Waals surface area contributed by atoms with E-state index in [0.717, 1.165) is 30.4 Å².